The van der Waals surface area contributed by atoms with Crippen molar-refractivity contribution >= 4 is 0 Å². The van der Waals surface area contributed by atoms with Crippen molar-refractivity contribution in [2.45, 2.75) is 90.6 Å². The lowest BCUT2D eigenvalue weighted by Gasteiger charge is -2.31. The molecule has 0 aliphatic heterocycles. The fraction of sp³-hybridized carbons (Fsp3) is 1.00. The van der Waals surface area contributed by atoms with Crippen molar-refractivity contribution in [1.82, 2.24) is 5.32 Å². The third kappa shape index (κ3) is 4.28. The van der Waals surface area contributed by atoms with Crippen molar-refractivity contribution in [3.63, 3.8) is 0 Å². The zero-order valence-electron chi connectivity index (χ0n) is 12.1. The predicted octanol–water partition coefficient (Wildman–Crippen LogP) is 4.51. The maximum Gasteiger partial charge on any atom is 0.00721 e. The number of rotatable bonds is 2. The van der Waals surface area contributed by atoms with E-state index >= 15 is 0 Å². The van der Waals surface area contributed by atoms with Crippen LogP contribution in [0.4, 0.5) is 0 Å². The van der Waals surface area contributed by atoms with Gasteiger partial charge < -0.3 is 5.32 Å². The summed E-state index contributed by atoms with van der Waals surface area (Å²) in [5.74, 6) is 0.948. The van der Waals surface area contributed by atoms with Gasteiger partial charge in [-0.15, -0.1) is 0 Å². The standard InChI is InChI=1S/C16H31N/c1-13-6-4-7-15(12-13)17-14-8-5-10-16(2,3)11-9-14/h13-15,17H,4-12H2,1-3H3. The minimum atomic E-state index is 0.594. The van der Waals surface area contributed by atoms with E-state index in [4.69, 9.17) is 0 Å². The van der Waals surface area contributed by atoms with Crippen LogP contribution >= 0.6 is 0 Å². The Bertz CT molecular complexity index is 234. The van der Waals surface area contributed by atoms with Crippen molar-refractivity contribution < 1.29 is 0 Å². The first-order chi connectivity index (χ1) is 8.05. The minimum absolute atomic E-state index is 0.594. The first kappa shape index (κ1) is 13.4. The van der Waals surface area contributed by atoms with Crippen LogP contribution in [0.1, 0.15) is 78.6 Å². The SMILES string of the molecule is CC1CCCC(NC2CCCC(C)(C)CC2)C1. The van der Waals surface area contributed by atoms with Crippen LogP contribution in [0.25, 0.3) is 0 Å². The van der Waals surface area contributed by atoms with Crippen LogP contribution in [0.5, 0.6) is 0 Å². The number of hydrogen-bond donors (Lipinski definition) is 1. The summed E-state index contributed by atoms with van der Waals surface area (Å²) in [7, 11) is 0. The Morgan fingerprint density at radius 2 is 1.65 bits per heavy atom. The summed E-state index contributed by atoms with van der Waals surface area (Å²) in [4.78, 5) is 0. The summed E-state index contributed by atoms with van der Waals surface area (Å²) in [5, 5.41) is 3.97. The van der Waals surface area contributed by atoms with Crippen molar-refractivity contribution in [3.05, 3.63) is 0 Å². The largest absolute Gasteiger partial charge is 0.311 e. The molecular weight excluding hydrogens is 206 g/mol. The average molecular weight is 237 g/mol. The molecule has 0 aromatic carbocycles. The van der Waals surface area contributed by atoms with Gasteiger partial charge in [0.1, 0.15) is 0 Å². The molecular formula is C16H31N. The van der Waals surface area contributed by atoms with Gasteiger partial charge in [0.2, 0.25) is 0 Å². The van der Waals surface area contributed by atoms with Gasteiger partial charge in [-0.25, -0.2) is 0 Å². The first-order valence-corrected chi connectivity index (χ1v) is 7.81. The molecule has 2 aliphatic carbocycles. The highest BCUT2D eigenvalue weighted by molar-refractivity contribution is 4.84. The van der Waals surface area contributed by atoms with Gasteiger partial charge in [0.05, 0.1) is 0 Å². The molecule has 1 N–H and O–H groups in total. The summed E-state index contributed by atoms with van der Waals surface area (Å²) in [6, 6.07) is 1.64. The van der Waals surface area contributed by atoms with Crippen molar-refractivity contribution in [2.75, 3.05) is 0 Å². The smallest absolute Gasteiger partial charge is 0.00721 e. The van der Waals surface area contributed by atoms with Crippen LogP contribution < -0.4 is 5.32 Å². The van der Waals surface area contributed by atoms with Gasteiger partial charge in [0.25, 0.3) is 0 Å². The third-order valence-corrected chi connectivity index (χ3v) is 4.98. The van der Waals surface area contributed by atoms with Crippen molar-refractivity contribution in [2.24, 2.45) is 11.3 Å². The van der Waals surface area contributed by atoms with Crippen molar-refractivity contribution in [1.29, 1.82) is 0 Å². The van der Waals surface area contributed by atoms with E-state index in [2.05, 4.69) is 26.1 Å². The third-order valence-electron chi connectivity index (χ3n) is 4.98. The molecule has 0 saturated heterocycles. The van der Waals surface area contributed by atoms with Crippen LogP contribution in [0.3, 0.4) is 0 Å². The van der Waals surface area contributed by atoms with Gasteiger partial charge in [-0.05, 0) is 49.9 Å². The fourth-order valence-corrected chi connectivity index (χ4v) is 3.75. The molecule has 3 unspecified atom stereocenters. The quantitative estimate of drug-likeness (QED) is 0.697. The molecule has 2 aliphatic rings. The van der Waals surface area contributed by atoms with Crippen molar-refractivity contribution in [3.8, 4) is 0 Å². The lowest BCUT2D eigenvalue weighted by Crippen LogP contribution is -2.40. The van der Waals surface area contributed by atoms with E-state index in [0.717, 1.165) is 18.0 Å². The molecule has 0 bridgehead atoms. The average Bonchev–Trinajstić information content (AvgIpc) is 2.41. The van der Waals surface area contributed by atoms with Crippen LogP contribution in [0.2, 0.25) is 0 Å². The molecule has 1 heteroatoms. The molecule has 0 aromatic heterocycles. The van der Waals surface area contributed by atoms with Gasteiger partial charge in [0, 0.05) is 12.1 Å². The Labute approximate surface area is 108 Å². The molecule has 0 amide bonds. The molecule has 2 saturated carbocycles. The second kappa shape index (κ2) is 5.73. The molecule has 2 fully saturated rings. The maximum absolute atomic E-state index is 3.97. The Balaban J connectivity index is 1.78. The second-order valence-electron chi connectivity index (χ2n) is 7.43. The molecule has 0 radical (unpaired) electrons. The van der Waals surface area contributed by atoms with Crippen LogP contribution in [-0.4, -0.2) is 12.1 Å². The van der Waals surface area contributed by atoms with Gasteiger partial charge in [-0.2, -0.15) is 0 Å². The summed E-state index contributed by atoms with van der Waals surface area (Å²) in [6.45, 7) is 7.31. The highest BCUT2D eigenvalue weighted by atomic mass is 15.0. The van der Waals surface area contributed by atoms with Crippen LogP contribution in [0, 0.1) is 11.3 Å². The zero-order valence-corrected chi connectivity index (χ0v) is 12.1. The Morgan fingerprint density at radius 1 is 0.882 bits per heavy atom. The van der Waals surface area contributed by atoms with E-state index in [1.165, 1.54) is 57.8 Å². The van der Waals surface area contributed by atoms with Crippen LogP contribution in [-0.2, 0) is 0 Å². The molecule has 0 aromatic rings. The van der Waals surface area contributed by atoms with E-state index in [9.17, 15) is 0 Å². The predicted molar refractivity (Wildman–Crippen MR) is 75.2 cm³/mol. The van der Waals surface area contributed by atoms with Crippen LogP contribution in [0.15, 0.2) is 0 Å². The molecule has 100 valence electrons. The first-order valence-electron chi connectivity index (χ1n) is 7.81. The summed E-state index contributed by atoms with van der Waals surface area (Å²) >= 11 is 0. The van der Waals surface area contributed by atoms with Gasteiger partial charge in [0.15, 0.2) is 0 Å². The Kier molecular flexibility index (Phi) is 4.52. The van der Waals surface area contributed by atoms with Gasteiger partial charge in [-0.3, -0.25) is 0 Å². The highest BCUT2D eigenvalue weighted by Crippen LogP contribution is 2.34. The lowest BCUT2D eigenvalue weighted by molar-refractivity contribution is 0.264. The topological polar surface area (TPSA) is 12.0 Å². The number of nitrogens with one attached hydrogen (secondary N) is 1. The molecule has 2 rings (SSSR count). The Morgan fingerprint density at radius 3 is 2.41 bits per heavy atom. The number of hydrogen-bond acceptors (Lipinski definition) is 1. The molecule has 0 spiro atoms. The minimum Gasteiger partial charge on any atom is -0.311 e. The van der Waals surface area contributed by atoms with E-state index < -0.39 is 0 Å². The highest BCUT2D eigenvalue weighted by Gasteiger charge is 2.26. The molecule has 3 atom stereocenters. The van der Waals surface area contributed by atoms with E-state index in [1.807, 2.05) is 0 Å². The summed E-state index contributed by atoms with van der Waals surface area (Å²) in [5.41, 5.74) is 0.594. The molecule has 0 heterocycles. The second-order valence-corrected chi connectivity index (χ2v) is 7.43. The molecule has 1 nitrogen and oxygen atoms in total. The maximum atomic E-state index is 3.97. The monoisotopic (exact) mass is 237 g/mol. The zero-order chi connectivity index (χ0) is 12.3. The lowest BCUT2D eigenvalue weighted by atomic mass is 9.85. The molecule has 17 heavy (non-hydrogen) atoms. The van der Waals surface area contributed by atoms with Gasteiger partial charge in [-0.1, -0.05) is 40.0 Å². The van der Waals surface area contributed by atoms with Gasteiger partial charge >= 0.3 is 0 Å². The van der Waals surface area contributed by atoms with E-state index in [1.54, 1.807) is 0 Å². The Hall–Kier alpha value is -0.0400. The van der Waals surface area contributed by atoms with E-state index in [0.29, 0.717) is 5.41 Å². The summed E-state index contributed by atoms with van der Waals surface area (Å²) in [6.07, 6.45) is 12.8. The van der Waals surface area contributed by atoms with E-state index in [-0.39, 0.29) is 0 Å². The fourth-order valence-electron chi connectivity index (χ4n) is 3.75. The normalized spacial score (nSPS) is 38.6. The summed E-state index contributed by atoms with van der Waals surface area (Å²) < 4.78 is 0.